The first kappa shape index (κ1) is 13.4. The lowest BCUT2D eigenvalue weighted by molar-refractivity contribution is 0.184. The van der Waals surface area contributed by atoms with Crippen molar-refractivity contribution in [1.82, 2.24) is 0 Å². The van der Waals surface area contributed by atoms with Crippen molar-refractivity contribution in [2.75, 3.05) is 13.7 Å². The number of nitrogens with two attached hydrogens (primary N) is 1. The lowest BCUT2D eigenvalue weighted by atomic mass is 10.0. The number of methoxy groups -OCH3 is 1. The third-order valence-electron chi connectivity index (χ3n) is 2.37. The van der Waals surface area contributed by atoms with Gasteiger partial charge in [-0.1, -0.05) is 17.7 Å². The van der Waals surface area contributed by atoms with Gasteiger partial charge in [-0.3, -0.25) is 0 Å². The second-order valence-corrected chi connectivity index (χ2v) is 4.14. The standard InChI is InChI=1S/C12H17ClFNO/c1-16-8-9-6-10(4-2-3-5-15)12(14)11(13)7-9/h6-7H,2-5,8,15H2,1H3. The van der Waals surface area contributed by atoms with Crippen molar-refractivity contribution in [2.24, 2.45) is 5.73 Å². The zero-order valence-corrected chi connectivity index (χ0v) is 10.2. The Balaban J connectivity index is 2.79. The first-order valence-corrected chi connectivity index (χ1v) is 5.72. The molecule has 1 aromatic rings. The van der Waals surface area contributed by atoms with Crippen molar-refractivity contribution in [3.8, 4) is 0 Å². The van der Waals surface area contributed by atoms with E-state index in [0.717, 1.165) is 18.4 Å². The van der Waals surface area contributed by atoms with Gasteiger partial charge in [0.2, 0.25) is 0 Å². The maximum Gasteiger partial charge on any atom is 0.144 e. The lowest BCUT2D eigenvalue weighted by Gasteiger charge is -2.08. The van der Waals surface area contributed by atoms with E-state index >= 15 is 0 Å². The van der Waals surface area contributed by atoms with Crippen LogP contribution in [0.1, 0.15) is 24.0 Å². The SMILES string of the molecule is COCc1cc(Cl)c(F)c(CCCCN)c1. The van der Waals surface area contributed by atoms with Gasteiger partial charge in [-0.15, -0.1) is 0 Å². The topological polar surface area (TPSA) is 35.2 Å². The number of aryl methyl sites for hydroxylation is 1. The molecule has 2 nitrogen and oxygen atoms in total. The quantitative estimate of drug-likeness (QED) is 0.783. The van der Waals surface area contributed by atoms with Crippen molar-refractivity contribution in [2.45, 2.75) is 25.9 Å². The molecule has 4 heteroatoms. The van der Waals surface area contributed by atoms with Gasteiger partial charge in [0.05, 0.1) is 11.6 Å². The average Bonchev–Trinajstić information content (AvgIpc) is 2.25. The largest absolute Gasteiger partial charge is 0.380 e. The Hall–Kier alpha value is -0.640. The lowest BCUT2D eigenvalue weighted by Crippen LogP contribution is -2.01. The molecule has 0 aliphatic carbocycles. The molecule has 0 atom stereocenters. The van der Waals surface area contributed by atoms with Gasteiger partial charge in [0, 0.05) is 7.11 Å². The number of hydrogen-bond donors (Lipinski definition) is 1. The first-order valence-electron chi connectivity index (χ1n) is 5.34. The van der Waals surface area contributed by atoms with Crippen molar-refractivity contribution < 1.29 is 9.13 Å². The van der Waals surface area contributed by atoms with E-state index < -0.39 is 0 Å². The zero-order chi connectivity index (χ0) is 12.0. The minimum atomic E-state index is -0.321. The fourth-order valence-electron chi connectivity index (χ4n) is 1.60. The van der Waals surface area contributed by atoms with Gasteiger partial charge in [-0.05, 0) is 43.0 Å². The zero-order valence-electron chi connectivity index (χ0n) is 9.43. The molecule has 0 aromatic heterocycles. The summed E-state index contributed by atoms with van der Waals surface area (Å²) >= 11 is 5.81. The van der Waals surface area contributed by atoms with Crippen molar-refractivity contribution in [1.29, 1.82) is 0 Å². The van der Waals surface area contributed by atoms with E-state index in [9.17, 15) is 4.39 Å². The summed E-state index contributed by atoms with van der Waals surface area (Å²) in [6, 6.07) is 3.41. The fraction of sp³-hybridized carbons (Fsp3) is 0.500. The minimum absolute atomic E-state index is 0.164. The van der Waals surface area contributed by atoms with Gasteiger partial charge in [0.1, 0.15) is 5.82 Å². The minimum Gasteiger partial charge on any atom is -0.380 e. The molecule has 0 aliphatic rings. The van der Waals surface area contributed by atoms with Gasteiger partial charge in [-0.25, -0.2) is 4.39 Å². The van der Waals surface area contributed by atoms with Crippen LogP contribution >= 0.6 is 11.6 Å². The van der Waals surface area contributed by atoms with Crippen LogP contribution in [0.25, 0.3) is 0 Å². The first-order chi connectivity index (χ1) is 7.69. The van der Waals surface area contributed by atoms with Crippen LogP contribution < -0.4 is 5.73 Å². The van der Waals surface area contributed by atoms with Gasteiger partial charge in [0.15, 0.2) is 0 Å². The van der Waals surface area contributed by atoms with Gasteiger partial charge >= 0.3 is 0 Å². The number of halogens is 2. The van der Waals surface area contributed by atoms with Gasteiger partial charge < -0.3 is 10.5 Å². The smallest absolute Gasteiger partial charge is 0.144 e. The van der Waals surface area contributed by atoms with Crippen LogP contribution in [0, 0.1) is 5.82 Å². The molecule has 1 rings (SSSR count). The van der Waals surface area contributed by atoms with Crippen LogP contribution in [0.15, 0.2) is 12.1 Å². The maximum absolute atomic E-state index is 13.6. The molecule has 0 fully saturated rings. The van der Waals surface area contributed by atoms with Crippen LogP contribution in [0.3, 0.4) is 0 Å². The molecule has 0 radical (unpaired) electrons. The highest BCUT2D eigenvalue weighted by Crippen LogP contribution is 2.22. The van der Waals surface area contributed by atoms with E-state index in [1.165, 1.54) is 0 Å². The van der Waals surface area contributed by atoms with E-state index in [1.54, 1.807) is 19.2 Å². The highest BCUT2D eigenvalue weighted by molar-refractivity contribution is 6.30. The summed E-state index contributed by atoms with van der Waals surface area (Å²) in [4.78, 5) is 0. The molecule has 16 heavy (non-hydrogen) atoms. The molecule has 0 saturated heterocycles. The molecule has 0 spiro atoms. The van der Waals surface area contributed by atoms with Crippen molar-refractivity contribution in [3.63, 3.8) is 0 Å². The van der Waals surface area contributed by atoms with Crippen LogP contribution in [0.4, 0.5) is 4.39 Å². The number of hydrogen-bond acceptors (Lipinski definition) is 2. The molecule has 1 aromatic carbocycles. The molecule has 0 amide bonds. The van der Waals surface area contributed by atoms with E-state index in [2.05, 4.69) is 0 Å². The number of ether oxygens (including phenoxy) is 1. The summed E-state index contributed by atoms with van der Waals surface area (Å²) < 4.78 is 18.6. The van der Waals surface area contributed by atoms with E-state index in [4.69, 9.17) is 22.1 Å². The second-order valence-electron chi connectivity index (χ2n) is 3.73. The van der Waals surface area contributed by atoms with Crippen LogP contribution in [-0.2, 0) is 17.8 Å². The van der Waals surface area contributed by atoms with E-state index in [0.29, 0.717) is 25.1 Å². The maximum atomic E-state index is 13.6. The molecule has 0 saturated carbocycles. The summed E-state index contributed by atoms with van der Waals surface area (Å²) in [5.41, 5.74) is 6.94. The molecule has 0 bridgehead atoms. The molecule has 0 aliphatic heterocycles. The highest BCUT2D eigenvalue weighted by atomic mass is 35.5. The van der Waals surface area contributed by atoms with Gasteiger partial charge in [0.25, 0.3) is 0 Å². The summed E-state index contributed by atoms with van der Waals surface area (Å²) in [5, 5.41) is 0.164. The predicted octanol–water partition coefficient (Wildman–Crippen LogP) is 2.91. The summed E-state index contributed by atoms with van der Waals surface area (Å²) in [7, 11) is 1.60. The molecular formula is C12H17ClFNO. The van der Waals surface area contributed by atoms with E-state index in [-0.39, 0.29) is 10.8 Å². The number of unbranched alkanes of at least 4 members (excludes halogenated alkanes) is 1. The van der Waals surface area contributed by atoms with Crippen molar-refractivity contribution >= 4 is 11.6 Å². The van der Waals surface area contributed by atoms with Crippen LogP contribution in [-0.4, -0.2) is 13.7 Å². The molecule has 0 unspecified atom stereocenters. The Labute approximate surface area is 101 Å². The second kappa shape index (κ2) is 6.84. The van der Waals surface area contributed by atoms with Crippen LogP contribution in [0.5, 0.6) is 0 Å². The summed E-state index contributed by atoms with van der Waals surface area (Å²) in [5.74, 6) is -0.321. The fourth-order valence-corrected chi connectivity index (χ4v) is 1.86. The molecule has 90 valence electrons. The Bertz CT molecular complexity index is 344. The normalized spacial score (nSPS) is 10.8. The number of benzene rings is 1. The Morgan fingerprint density at radius 3 is 2.75 bits per heavy atom. The molecule has 0 heterocycles. The summed E-state index contributed by atoms with van der Waals surface area (Å²) in [6.07, 6.45) is 2.44. The monoisotopic (exact) mass is 245 g/mol. The predicted molar refractivity (Wildman–Crippen MR) is 64.1 cm³/mol. The molecular weight excluding hydrogens is 229 g/mol. The number of rotatable bonds is 6. The highest BCUT2D eigenvalue weighted by Gasteiger charge is 2.09. The summed E-state index contributed by atoms with van der Waals surface area (Å²) in [6.45, 7) is 1.08. The molecule has 2 N–H and O–H groups in total. The third-order valence-corrected chi connectivity index (χ3v) is 2.65. The average molecular weight is 246 g/mol. The van der Waals surface area contributed by atoms with E-state index in [1.807, 2.05) is 0 Å². The Morgan fingerprint density at radius 1 is 1.38 bits per heavy atom. The Morgan fingerprint density at radius 2 is 2.12 bits per heavy atom. The van der Waals surface area contributed by atoms with Crippen LogP contribution in [0.2, 0.25) is 5.02 Å². The Kier molecular flexibility index (Phi) is 5.74. The third kappa shape index (κ3) is 3.74. The van der Waals surface area contributed by atoms with Gasteiger partial charge in [-0.2, -0.15) is 0 Å². The van der Waals surface area contributed by atoms with Crippen molar-refractivity contribution in [3.05, 3.63) is 34.1 Å².